The van der Waals surface area contributed by atoms with E-state index in [0.29, 0.717) is 11.3 Å². The van der Waals surface area contributed by atoms with Crippen LogP contribution < -0.4 is 4.90 Å². The van der Waals surface area contributed by atoms with Gasteiger partial charge in [0.05, 0.1) is 24.2 Å². The molecular weight excluding hydrogens is 272 g/mol. The fraction of sp³-hybridized carbons (Fsp3) is 0.182. The van der Waals surface area contributed by atoms with Crippen molar-refractivity contribution in [1.82, 2.24) is 0 Å². The number of hydrogen-bond acceptors (Lipinski definition) is 3. The number of halogens is 1. The molecule has 0 bridgehead atoms. The van der Waals surface area contributed by atoms with Crippen molar-refractivity contribution in [2.24, 2.45) is 0 Å². The van der Waals surface area contributed by atoms with E-state index in [1.165, 1.54) is 4.90 Å². The Morgan fingerprint density at radius 2 is 2.12 bits per heavy atom. The van der Waals surface area contributed by atoms with Crippen molar-refractivity contribution in [3.63, 3.8) is 0 Å². The molecule has 0 atom stereocenters. The first-order valence-electron chi connectivity index (χ1n) is 4.63. The maximum atomic E-state index is 11.5. The molecule has 1 fully saturated rings. The van der Waals surface area contributed by atoms with Crippen molar-refractivity contribution in [2.75, 3.05) is 11.4 Å². The van der Waals surface area contributed by atoms with Crippen molar-refractivity contribution in [2.45, 2.75) is 6.42 Å². The van der Waals surface area contributed by atoms with Gasteiger partial charge in [-0.25, -0.2) is 0 Å². The van der Waals surface area contributed by atoms with Crippen LogP contribution >= 0.6 is 15.9 Å². The second-order valence-corrected chi connectivity index (χ2v) is 4.38. The van der Waals surface area contributed by atoms with E-state index < -0.39 is 0 Å². The van der Waals surface area contributed by atoms with Crippen LogP contribution in [0.4, 0.5) is 5.69 Å². The van der Waals surface area contributed by atoms with Crippen LogP contribution in [0.2, 0.25) is 0 Å². The van der Waals surface area contributed by atoms with Crippen LogP contribution in [0.1, 0.15) is 12.0 Å². The van der Waals surface area contributed by atoms with E-state index >= 15 is 0 Å². The van der Waals surface area contributed by atoms with E-state index in [0.717, 1.165) is 4.47 Å². The van der Waals surface area contributed by atoms with Crippen molar-refractivity contribution in [1.29, 1.82) is 5.26 Å². The molecule has 1 aromatic carbocycles. The van der Waals surface area contributed by atoms with Gasteiger partial charge < -0.3 is 4.90 Å². The fourth-order valence-corrected chi connectivity index (χ4v) is 2.00. The minimum Gasteiger partial charge on any atom is -0.303 e. The van der Waals surface area contributed by atoms with E-state index in [-0.39, 0.29) is 24.7 Å². The minimum atomic E-state index is -0.246. The van der Waals surface area contributed by atoms with Crippen LogP contribution in [0.15, 0.2) is 22.7 Å². The summed E-state index contributed by atoms with van der Waals surface area (Å²) >= 11 is 3.25. The van der Waals surface area contributed by atoms with Gasteiger partial charge >= 0.3 is 0 Å². The van der Waals surface area contributed by atoms with Crippen molar-refractivity contribution >= 4 is 33.3 Å². The smallest absolute Gasteiger partial charge is 0.234 e. The Labute approximate surface area is 101 Å². The van der Waals surface area contributed by atoms with Crippen LogP contribution in [0, 0.1) is 11.3 Å². The first-order chi connectivity index (χ1) is 7.61. The highest BCUT2D eigenvalue weighted by molar-refractivity contribution is 9.10. The molecule has 0 spiro atoms. The van der Waals surface area contributed by atoms with Crippen molar-refractivity contribution in [3.05, 3.63) is 28.2 Å². The maximum absolute atomic E-state index is 11.5. The Bertz CT molecular complexity index is 519. The Kier molecular flexibility index (Phi) is 2.75. The first kappa shape index (κ1) is 10.8. The van der Waals surface area contributed by atoms with Crippen LogP contribution in [-0.2, 0) is 9.59 Å². The third-order valence-electron chi connectivity index (χ3n) is 2.35. The molecule has 2 rings (SSSR count). The topological polar surface area (TPSA) is 61.2 Å². The third-order valence-corrected chi connectivity index (χ3v) is 2.85. The van der Waals surface area contributed by atoms with Crippen LogP contribution in [-0.4, -0.2) is 18.2 Å². The third kappa shape index (κ3) is 1.84. The van der Waals surface area contributed by atoms with Gasteiger partial charge in [0.1, 0.15) is 6.07 Å². The lowest BCUT2D eigenvalue weighted by molar-refractivity contribution is -0.121. The SMILES string of the molecule is N#Cc1cc(Br)ccc1N1CC(=O)CC1=O. The zero-order chi connectivity index (χ0) is 11.7. The summed E-state index contributed by atoms with van der Waals surface area (Å²) < 4.78 is 0.769. The van der Waals surface area contributed by atoms with Gasteiger partial charge in [0.15, 0.2) is 5.78 Å². The summed E-state index contributed by atoms with van der Waals surface area (Å²) in [6.45, 7) is 0.0646. The summed E-state index contributed by atoms with van der Waals surface area (Å²) in [4.78, 5) is 24.0. The molecule has 0 aromatic heterocycles. The summed E-state index contributed by atoms with van der Waals surface area (Å²) in [6.07, 6.45) is -0.0685. The lowest BCUT2D eigenvalue weighted by Crippen LogP contribution is -2.25. The van der Waals surface area contributed by atoms with E-state index in [1.807, 2.05) is 6.07 Å². The zero-order valence-corrected chi connectivity index (χ0v) is 9.82. The lowest BCUT2D eigenvalue weighted by atomic mass is 10.2. The number of nitrogens with zero attached hydrogens (tertiary/aromatic N) is 2. The molecule has 1 aliphatic rings. The highest BCUT2D eigenvalue weighted by Gasteiger charge is 2.29. The number of Topliss-reactive ketones (excluding diaryl/α,β-unsaturated/α-hetero) is 1. The van der Waals surface area contributed by atoms with Crippen molar-refractivity contribution < 1.29 is 9.59 Å². The number of rotatable bonds is 1. The summed E-state index contributed by atoms with van der Waals surface area (Å²) in [6, 6.07) is 7.05. The van der Waals surface area contributed by atoms with Gasteiger partial charge in [-0.15, -0.1) is 0 Å². The van der Waals surface area contributed by atoms with Crippen LogP contribution in [0.3, 0.4) is 0 Å². The van der Waals surface area contributed by atoms with E-state index in [1.54, 1.807) is 18.2 Å². The highest BCUT2D eigenvalue weighted by Crippen LogP contribution is 2.26. The quantitative estimate of drug-likeness (QED) is 0.734. The lowest BCUT2D eigenvalue weighted by Gasteiger charge is -2.16. The maximum Gasteiger partial charge on any atom is 0.234 e. The zero-order valence-electron chi connectivity index (χ0n) is 8.24. The Morgan fingerprint density at radius 1 is 1.38 bits per heavy atom. The molecule has 80 valence electrons. The van der Waals surface area contributed by atoms with Gasteiger partial charge in [-0.3, -0.25) is 9.59 Å². The molecule has 1 aliphatic heterocycles. The molecule has 0 aliphatic carbocycles. The standard InChI is InChI=1S/C11H7BrN2O2/c12-8-1-2-10(7(3-8)5-13)14-6-9(15)4-11(14)16/h1-3H,4,6H2. The van der Waals surface area contributed by atoms with Gasteiger partial charge in [0.25, 0.3) is 0 Å². The van der Waals surface area contributed by atoms with Crippen molar-refractivity contribution in [3.8, 4) is 6.07 Å². The number of benzene rings is 1. The molecule has 0 unspecified atom stereocenters. The average Bonchev–Trinajstić information content (AvgIpc) is 2.57. The minimum absolute atomic E-state index is 0.0646. The molecule has 1 saturated heterocycles. The fourth-order valence-electron chi connectivity index (χ4n) is 1.64. The molecule has 5 heteroatoms. The van der Waals surface area contributed by atoms with E-state index in [4.69, 9.17) is 5.26 Å². The second kappa shape index (κ2) is 4.06. The van der Waals surface area contributed by atoms with Crippen LogP contribution in [0.5, 0.6) is 0 Å². The average molecular weight is 279 g/mol. The van der Waals surface area contributed by atoms with Gasteiger partial charge in [0, 0.05) is 4.47 Å². The summed E-state index contributed by atoms with van der Waals surface area (Å²) in [5.41, 5.74) is 0.888. The number of ketones is 1. The molecule has 16 heavy (non-hydrogen) atoms. The largest absolute Gasteiger partial charge is 0.303 e. The molecule has 1 amide bonds. The Balaban J connectivity index is 2.45. The predicted octanol–water partition coefficient (Wildman–Crippen LogP) is 1.63. The number of hydrogen-bond donors (Lipinski definition) is 0. The molecule has 0 N–H and O–H groups in total. The summed E-state index contributed by atoms with van der Waals surface area (Å²) in [5, 5.41) is 8.96. The van der Waals surface area contributed by atoms with Gasteiger partial charge in [-0.2, -0.15) is 5.26 Å². The molecule has 0 saturated carbocycles. The molecule has 4 nitrogen and oxygen atoms in total. The number of anilines is 1. The molecular formula is C11H7BrN2O2. The van der Waals surface area contributed by atoms with Gasteiger partial charge in [-0.1, -0.05) is 15.9 Å². The first-order valence-corrected chi connectivity index (χ1v) is 5.43. The Morgan fingerprint density at radius 3 is 2.69 bits per heavy atom. The molecule has 1 heterocycles. The van der Waals surface area contributed by atoms with E-state index in [2.05, 4.69) is 15.9 Å². The monoisotopic (exact) mass is 278 g/mol. The van der Waals surface area contributed by atoms with Gasteiger partial charge in [0.2, 0.25) is 5.91 Å². The van der Waals surface area contributed by atoms with Gasteiger partial charge in [-0.05, 0) is 18.2 Å². The number of nitriles is 1. The predicted molar refractivity (Wildman–Crippen MR) is 60.8 cm³/mol. The second-order valence-electron chi connectivity index (χ2n) is 3.47. The number of carbonyl (C=O) groups is 2. The highest BCUT2D eigenvalue weighted by atomic mass is 79.9. The number of amides is 1. The summed E-state index contributed by atoms with van der Waals surface area (Å²) in [7, 11) is 0. The normalized spacial score (nSPS) is 15.4. The van der Waals surface area contributed by atoms with E-state index in [9.17, 15) is 9.59 Å². The Hall–Kier alpha value is -1.67. The molecule has 0 radical (unpaired) electrons. The summed E-state index contributed by atoms with van der Waals surface area (Å²) in [5.74, 6) is -0.361. The van der Waals surface area contributed by atoms with Crippen LogP contribution in [0.25, 0.3) is 0 Å². The number of carbonyl (C=O) groups excluding carboxylic acids is 2. The molecule has 1 aromatic rings.